The number of anilines is 3. The number of pyridine rings is 1. The molecule has 0 amide bonds. The molecular weight excluding hydrogens is 507 g/mol. The van der Waals surface area contributed by atoms with E-state index in [9.17, 15) is 4.79 Å². The van der Waals surface area contributed by atoms with Crippen LogP contribution in [-0.4, -0.2) is 45.6 Å². The highest BCUT2D eigenvalue weighted by Gasteiger charge is 2.22. The quantitative estimate of drug-likeness (QED) is 0.296. The molecule has 4 aromatic rings. The predicted octanol–water partition coefficient (Wildman–Crippen LogP) is 6.42. The molecule has 1 aliphatic carbocycles. The largest absolute Gasteiger partial charge is 0.382 e. The minimum absolute atomic E-state index is 0.280. The van der Waals surface area contributed by atoms with E-state index in [0.717, 1.165) is 16.9 Å². The summed E-state index contributed by atoms with van der Waals surface area (Å²) in [5.41, 5.74) is 3.52. The van der Waals surface area contributed by atoms with Gasteiger partial charge in [-0.15, -0.1) is 0 Å². The molecule has 2 aromatic heterocycles. The van der Waals surface area contributed by atoms with Crippen molar-refractivity contribution in [1.82, 2.24) is 19.4 Å². The van der Waals surface area contributed by atoms with Gasteiger partial charge in [0, 0.05) is 35.9 Å². The van der Waals surface area contributed by atoms with Crippen LogP contribution in [0.1, 0.15) is 31.2 Å². The van der Waals surface area contributed by atoms with Crippen LogP contribution >= 0.6 is 23.2 Å². The molecule has 0 aliphatic heterocycles. The van der Waals surface area contributed by atoms with Crippen molar-refractivity contribution in [3.63, 3.8) is 0 Å². The summed E-state index contributed by atoms with van der Waals surface area (Å²) in [7, 11) is 4.33. The number of rotatable bonds is 6. The SMILES string of the molecule is Cc1cn(-c2c(Cl)cccc2Cl)c(=O)c2cnc(Nc3ccc(N[C@H]4CC[C@@H](N(C)C)CC4)cc3)nc12. The molecule has 0 radical (unpaired) electrons. The van der Waals surface area contributed by atoms with Crippen LogP contribution in [0, 0.1) is 6.92 Å². The van der Waals surface area contributed by atoms with E-state index in [-0.39, 0.29) is 5.56 Å². The van der Waals surface area contributed by atoms with Crippen molar-refractivity contribution in [2.24, 2.45) is 0 Å². The molecule has 2 heterocycles. The van der Waals surface area contributed by atoms with Crippen LogP contribution in [0.2, 0.25) is 10.0 Å². The first-order valence-electron chi connectivity index (χ1n) is 12.4. The van der Waals surface area contributed by atoms with Crippen molar-refractivity contribution in [2.75, 3.05) is 24.7 Å². The van der Waals surface area contributed by atoms with E-state index in [1.54, 1.807) is 30.6 Å². The van der Waals surface area contributed by atoms with Gasteiger partial charge in [-0.05, 0) is 88.7 Å². The van der Waals surface area contributed by atoms with E-state index in [0.29, 0.717) is 44.7 Å². The molecule has 9 heteroatoms. The second kappa shape index (κ2) is 10.7. The number of para-hydroxylation sites is 1. The van der Waals surface area contributed by atoms with Crippen molar-refractivity contribution >= 4 is 51.4 Å². The summed E-state index contributed by atoms with van der Waals surface area (Å²) in [5.74, 6) is 0.422. The molecule has 1 saturated carbocycles. The van der Waals surface area contributed by atoms with Crippen molar-refractivity contribution in [1.29, 1.82) is 0 Å². The molecule has 2 aromatic carbocycles. The van der Waals surface area contributed by atoms with E-state index in [1.165, 1.54) is 30.3 Å². The van der Waals surface area contributed by atoms with E-state index in [1.807, 2.05) is 19.1 Å². The van der Waals surface area contributed by atoms with Crippen LogP contribution in [0.5, 0.6) is 0 Å². The molecule has 0 atom stereocenters. The normalized spacial score (nSPS) is 17.8. The Morgan fingerprint density at radius 1 is 0.973 bits per heavy atom. The fourth-order valence-corrected chi connectivity index (χ4v) is 5.56. The Bertz CT molecular complexity index is 1460. The number of hydrogen-bond donors (Lipinski definition) is 2. The maximum Gasteiger partial charge on any atom is 0.266 e. The number of nitrogens with one attached hydrogen (secondary N) is 2. The van der Waals surface area contributed by atoms with Gasteiger partial charge < -0.3 is 15.5 Å². The van der Waals surface area contributed by atoms with Gasteiger partial charge in [0.1, 0.15) is 0 Å². The Labute approximate surface area is 226 Å². The third-order valence-electron chi connectivity index (χ3n) is 7.05. The van der Waals surface area contributed by atoms with E-state index in [4.69, 9.17) is 23.2 Å². The third-order valence-corrected chi connectivity index (χ3v) is 7.66. The fraction of sp³-hybridized carbons (Fsp3) is 0.321. The van der Waals surface area contributed by atoms with Crippen LogP contribution in [0.4, 0.5) is 17.3 Å². The summed E-state index contributed by atoms with van der Waals surface area (Å²) in [4.78, 5) is 24.6. The Morgan fingerprint density at radius 3 is 2.27 bits per heavy atom. The molecule has 37 heavy (non-hydrogen) atoms. The number of aromatic nitrogens is 3. The molecule has 192 valence electrons. The molecule has 0 unspecified atom stereocenters. The lowest BCUT2D eigenvalue weighted by molar-refractivity contribution is 0.221. The van der Waals surface area contributed by atoms with Gasteiger partial charge in [-0.2, -0.15) is 0 Å². The number of benzene rings is 2. The topological polar surface area (TPSA) is 75.1 Å². The van der Waals surface area contributed by atoms with Crippen molar-refractivity contribution in [3.8, 4) is 5.69 Å². The second-order valence-corrected chi connectivity index (χ2v) is 10.6. The van der Waals surface area contributed by atoms with E-state index < -0.39 is 0 Å². The van der Waals surface area contributed by atoms with Gasteiger partial charge in [-0.3, -0.25) is 9.36 Å². The van der Waals surface area contributed by atoms with Crippen LogP contribution in [0.25, 0.3) is 16.6 Å². The minimum atomic E-state index is -0.280. The highest BCUT2D eigenvalue weighted by Crippen LogP contribution is 2.29. The zero-order valence-electron chi connectivity index (χ0n) is 21.1. The molecule has 7 nitrogen and oxygen atoms in total. The standard InChI is InChI=1S/C28H30Cl2N6O/c1-17-16-36(26-23(29)5-4-6-24(26)30)27(37)22-15-31-28(34-25(17)22)33-20-9-7-18(8-10-20)32-19-11-13-21(14-12-19)35(2)3/h4-10,15-16,19,21,32H,11-14H2,1-3H3,(H,31,33,34)/t19-,21+. The number of fused-ring (bicyclic) bond motifs is 1. The molecule has 0 saturated heterocycles. The van der Waals surface area contributed by atoms with Crippen LogP contribution in [-0.2, 0) is 0 Å². The van der Waals surface area contributed by atoms with Crippen molar-refractivity contribution in [2.45, 2.75) is 44.7 Å². The van der Waals surface area contributed by atoms with E-state index >= 15 is 0 Å². The smallest absolute Gasteiger partial charge is 0.266 e. The first kappa shape index (κ1) is 25.5. The van der Waals surface area contributed by atoms with Crippen LogP contribution in [0.15, 0.2) is 59.7 Å². The fourth-order valence-electron chi connectivity index (χ4n) is 4.98. The molecular formula is C28H30Cl2N6O. The first-order valence-corrected chi connectivity index (χ1v) is 13.2. The molecule has 1 fully saturated rings. The summed E-state index contributed by atoms with van der Waals surface area (Å²) in [6.45, 7) is 1.90. The van der Waals surface area contributed by atoms with Gasteiger partial charge >= 0.3 is 0 Å². The van der Waals surface area contributed by atoms with Crippen LogP contribution < -0.4 is 16.2 Å². The second-order valence-electron chi connectivity index (χ2n) is 9.83. The number of aryl methyl sites for hydroxylation is 1. The van der Waals surface area contributed by atoms with Crippen molar-refractivity contribution in [3.05, 3.63) is 80.8 Å². The first-order chi connectivity index (χ1) is 17.8. The van der Waals surface area contributed by atoms with Gasteiger partial charge in [-0.25, -0.2) is 9.97 Å². The Kier molecular flexibility index (Phi) is 7.38. The average Bonchev–Trinajstić information content (AvgIpc) is 2.88. The predicted molar refractivity (Wildman–Crippen MR) is 153 cm³/mol. The highest BCUT2D eigenvalue weighted by atomic mass is 35.5. The zero-order valence-corrected chi connectivity index (χ0v) is 22.6. The Balaban J connectivity index is 1.32. The zero-order chi connectivity index (χ0) is 26.1. The summed E-state index contributed by atoms with van der Waals surface area (Å²) < 4.78 is 1.46. The Hall–Kier alpha value is -3.13. The summed E-state index contributed by atoms with van der Waals surface area (Å²) in [6, 6.07) is 14.5. The molecule has 0 spiro atoms. The molecule has 1 aliphatic rings. The summed E-state index contributed by atoms with van der Waals surface area (Å²) in [5, 5.41) is 8.10. The number of halogens is 2. The van der Waals surface area contributed by atoms with Crippen molar-refractivity contribution < 1.29 is 0 Å². The van der Waals surface area contributed by atoms with E-state index in [2.05, 4.69) is 51.7 Å². The number of nitrogens with zero attached hydrogens (tertiary/aromatic N) is 4. The lowest BCUT2D eigenvalue weighted by atomic mass is 9.90. The van der Waals surface area contributed by atoms with Gasteiger partial charge in [0.05, 0.1) is 26.6 Å². The number of hydrogen-bond acceptors (Lipinski definition) is 6. The summed E-state index contributed by atoms with van der Waals surface area (Å²) >= 11 is 12.7. The average molecular weight is 537 g/mol. The maximum atomic E-state index is 13.2. The molecule has 5 rings (SSSR count). The maximum absolute atomic E-state index is 13.2. The van der Waals surface area contributed by atoms with Gasteiger partial charge in [0.25, 0.3) is 5.56 Å². The lowest BCUT2D eigenvalue weighted by Gasteiger charge is -2.33. The molecule has 2 N–H and O–H groups in total. The van der Waals surface area contributed by atoms with Crippen LogP contribution in [0.3, 0.4) is 0 Å². The monoisotopic (exact) mass is 536 g/mol. The third kappa shape index (κ3) is 5.44. The molecule has 0 bridgehead atoms. The Morgan fingerprint density at radius 2 is 1.62 bits per heavy atom. The minimum Gasteiger partial charge on any atom is -0.382 e. The van der Waals surface area contributed by atoms with Gasteiger partial charge in [0.2, 0.25) is 5.95 Å². The highest BCUT2D eigenvalue weighted by molar-refractivity contribution is 6.37. The lowest BCUT2D eigenvalue weighted by Crippen LogP contribution is -2.36. The summed E-state index contributed by atoms with van der Waals surface area (Å²) in [6.07, 6.45) is 8.05. The van der Waals surface area contributed by atoms with Gasteiger partial charge in [-0.1, -0.05) is 29.3 Å². The van der Waals surface area contributed by atoms with Gasteiger partial charge in [0.15, 0.2) is 0 Å².